The normalized spacial score (nSPS) is 23.4. The zero-order chi connectivity index (χ0) is 23.8. The van der Waals surface area contributed by atoms with E-state index in [0.29, 0.717) is 0 Å². The number of hydrogen-bond donors (Lipinski definition) is 7. The minimum absolute atomic E-state index is 0.0717. The Morgan fingerprint density at radius 2 is 1.81 bits per heavy atom. The largest absolute Gasteiger partial charge is 0.481 e. The van der Waals surface area contributed by atoms with Crippen molar-refractivity contribution in [2.75, 3.05) is 12.3 Å². The molecule has 0 radical (unpaired) electrons. The second-order valence-electron chi connectivity index (χ2n) is 7.11. The SMILES string of the molecule is Nc1ncnc2c1nc(Br)n2[C@@H]1O[C@H](CNC(=O)C(O)(CC(=O)O)CC(=O)O)[C@@H](O)[C@H]1O. The fraction of sp³-hybridized carbons (Fsp3) is 0.500. The molecule has 0 saturated carbocycles. The van der Waals surface area contributed by atoms with Crippen LogP contribution in [-0.2, 0) is 19.1 Å². The predicted molar refractivity (Wildman–Crippen MR) is 106 cm³/mol. The van der Waals surface area contributed by atoms with Gasteiger partial charge in [-0.05, 0) is 15.9 Å². The molecule has 0 spiro atoms. The van der Waals surface area contributed by atoms with Gasteiger partial charge in [-0.3, -0.25) is 19.0 Å². The molecule has 0 bridgehead atoms. The maximum Gasteiger partial charge on any atom is 0.306 e. The molecular weight excluding hydrogens is 500 g/mol. The number of aliphatic carboxylic acids is 2. The molecule has 1 aliphatic heterocycles. The zero-order valence-corrected chi connectivity index (χ0v) is 17.7. The summed E-state index contributed by atoms with van der Waals surface area (Å²) >= 11 is 3.20. The maximum absolute atomic E-state index is 12.3. The molecule has 1 saturated heterocycles. The number of fused-ring (bicyclic) bond motifs is 1. The van der Waals surface area contributed by atoms with Gasteiger partial charge >= 0.3 is 11.9 Å². The quantitative estimate of drug-likeness (QED) is 0.180. The van der Waals surface area contributed by atoms with Crippen molar-refractivity contribution >= 4 is 50.8 Å². The van der Waals surface area contributed by atoms with Crippen molar-refractivity contribution in [3.63, 3.8) is 0 Å². The van der Waals surface area contributed by atoms with Crippen molar-refractivity contribution in [1.82, 2.24) is 24.8 Å². The van der Waals surface area contributed by atoms with E-state index < -0.39 is 67.4 Å². The minimum atomic E-state index is -2.72. The van der Waals surface area contributed by atoms with Crippen LogP contribution >= 0.6 is 15.9 Å². The first-order valence-corrected chi connectivity index (χ1v) is 9.83. The van der Waals surface area contributed by atoms with E-state index in [0.717, 1.165) is 0 Å². The number of nitrogen functional groups attached to an aromatic ring is 1. The van der Waals surface area contributed by atoms with Crippen molar-refractivity contribution < 1.29 is 44.7 Å². The number of nitrogens with two attached hydrogens (primary N) is 1. The summed E-state index contributed by atoms with van der Waals surface area (Å²) in [6.45, 7) is -0.476. The molecule has 2 aromatic heterocycles. The monoisotopic (exact) mass is 518 g/mol. The van der Waals surface area contributed by atoms with E-state index in [9.17, 15) is 29.7 Å². The highest BCUT2D eigenvalue weighted by Crippen LogP contribution is 2.35. The number of hydrogen-bond acceptors (Lipinski definition) is 11. The lowest BCUT2D eigenvalue weighted by Crippen LogP contribution is -2.52. The Morgan fingerprint density at radius 3 is 2.41 bits per heavy atom. The van der Waals surface area contributed by atoms with Gasteiger partial charge < -0.3 is 41.3 Å². The number of halogens is 1. The molecule has 16 heteroatoms. The summed E-state index contributed by atoms with van der Waals surface area (Å²) in [5.74, 6) is -4.39. The van der Waals surface area contributed by atoms with E-state index in [4.69, 9.17) is 20.7 Å². The molecule has 1 aliphatic rings. The lowest BCUT2D eigenvalue weighted by molar-refractivity contribution is -0.159. The summed E-state index contributed by atoms with van der Waals surface area (Å²) < 4.78 is 7.13. The number of rotatable bonds is 8. The fourth-order valence-electron chi connectivity index (χ4n) is 3.32. The van der Waals surface area contributed by atoms with Gasteiger partial charge in [-0.2, -0.15) is 0 Å². The number of carboxylic acids is 2. The van der Waals surface area contributed by atoms with Gasteiger partial charge in [0.25, 0.3) is 5.91 Å². The van der Waals surface area contributed by atoms with Crippen LogP contribution in [0.2, 0.25) is 0 Å². The molecule has 4 atom stereocenters. The summed E-state index contributed by atoms with van der Waals surface area (Å²) in [4.78, 5) is 46.2. The zero-order valence-electron chi connectivity index (χ0n) is 16.1. The van der Waals surface area contributed by atoms with Crippen molar-refractivity contribution in [3.05, 3.63) is 11.1 Å². The summed E-state index contributed by atoms with van der Waals surface area (Å²) in [6, 6.07) is 0. The first kappa shape index (κ1) is 23.7. The smallest absolute Gasteiger partial charge is 0.306 e. The lowest BCUT2D eigenvalue weighted by atomic mass is 9.94. The number of aromatic nitrogens is 4. The van der Waals surface area contributed by atoms with E-state index in [1.807, 2.05) is 0 Å². The van der Waals surface area contributed by atoms with Crippen molar-refractivity contribution in [1.29, 1.82) is 0 Å². The number of carboxylic acid groups (broad SMARTS) is 2. The van der Waals surface area contributed by atoms with E-state index in [1.165, 1.54) is 10.9 Å². The minimum Gasteiger partial charge on any atom is -0.481 e. The molecule has 3 rings (SSSR count). The Balaban J connectivity index is 1.77. The number of carbonyl (C=O) groups is 3. The fourth-order valence-corrected chi connectivity index (χ4v) is 3.86. The molecule has 15 nitrogen and oxygen atoms in total. The van der Waals surface area contributed by atoms with Crippen LogP contribution in [0.15, 0.2) is 11.1 Å². The van der Waals surface area contributed by atoms with Crippen LogP contribution in [0.1, 0.15) is 19.1 Å². The van der Waals surface area contributed by atoms with E-state index in [2.05, 4.69) is 36.2 Å². The highest BCUT2D eigenvalue weighted by atomic mass is 79.9. The maximum atomic E-state index is 12.3. The van der Waals surface area contributed by atoms with Gasteiger partial charge in [0.2, 0.25) is 0 Å². The molecule has 2 aromatic rings. The number of amides is 1. The Bertz CT molecular complexity index is 1050. The summed E-state index contributed by atoms with van der Waals surface area (Å²) in [6.07, 6.45) is -6.57. The Hall–Kier alpha value is -2.92. The Labute approximate surface area is 187 Å². The average molecular weight is 519 g/mol. The van der Waals surface area contributed by atoms with Crippen LogP contribution in [-0.4, -0.2) is 93.4 Å². The summed E-state index contributed by atoms with van der Waals surface area (Å²) in [5, 5.41) is 51.0. The van der Waals surface area contributed by atoms with Gasteiger partial charge in [0.05, 0.1) is 12.8 Å². The van der Waals surface area contributed by atoms with Crippen LogP contribution in [0.5, 0.6) is 0 Å². The molecule has 0 aromatic carbocycles. The first-order chi connectivity index (χ1) is 14.9. The number of carbonyl (C=O) groups excluding carboxylic acids is 1. The predicted octanol–water partition coefficient (Wildman–Crippen LogP) is -2.41. The molecular formula is C16H19BrN6O9. The van der Waals surface area contributed by atoms with E-state index >= 15 is 0 Å². The van der Waals surface area contributed by atoms with Gasteiger partial charge in [-0.25, -0.2) is 15.0 Å². The highest BCUT2D eigenvalue weighted by Gasteiger charge is 2.46. The van der Waals surface area contributed by atoms with Crippen LogP contribution in [0, 0.1) is 0 Å². The summed E-state index contributed by atoms with van der Waals surface area (Å²) in [7, 11) is 0. The standard InChI is InChI=1S/C16H19BrN6O9/c17-15-22-8-11(18)20-4-21-12(8)23(15)13-10(29)9(28)5(32-13)3-19-14(30)16(31,1-6(24)25)2-7(26)27/h4-5,9-10,13,28-29,31H,1-3H2,(H,19,30)(H,24,25)(H,26,27)(H2,18,20,21)/t5-,9-,10-,13-/m1/s1. The van der Waals surface area contributed by atoms with Gasteiger partial charge in [0.15, 0.2) is 33.5 Å². The number of imidazole rings is 1. The number of aliphatic hydroxyl groups excluding tert-OH is 2. The van der Waals surface area contributed by atoms with Crippen LogP contribution in [0.4, 0.5) is 5.82 Å². The number of ether oxygens (including phenoxy) is 1. The van der Waals surface area contributed by atoms with Gasteiger partial charge in [-0.1, -0.05) is 0 Å². The third-order valence-electron chi connectivity index (χ3n) is 4.83. The van der Waals surface area contributed by atoms with E-state index in [-0.39, 0.29) is 21.7 Å². The Morgan fingerprint density at radius 1 is 1.19 bits per heavy atom. The van der Waals surface area contributed by atoms with Crippen LogP contribution < -0.4 is 11.1 Å². The van der Waals surface area contributed by atoms with Crippen LogP contribution in [0.3, 0.4) is 0 Å². The molecule has 0 aliphatic carbocycles. The molecule has 0 unspecified atom stereocenters. The van der Waals surface area contributed by atoms with Gasteiger partial charge in [-0.15, -0.1) is 0 Å². The second kappa shape index (κ2) is 8.91. The number of nitrogens with zero attached hydrogens (tertiary/aromatic N) is 4. The van der Waals surface area contributed by atoms with Crippen LogP contribution in [0.25, 0.3) is 11.2 Å². The second-order valence-corrected chi connectivity index (χ2v) is 7.82. The molecule has 1 fully saturated rings. The molecule has 1 amide bonds. The number of anilines is 1. The van der Waals surface area contributed by atoms with Crippen molar-refractivity contribution in [2.45, 2.75) is 43.0 Å². The third-order valence-corrected chi connectivity index (χ3v) is 5.39. The van der Waals surface area contributed by atoms with E-state index in [1.54, 1.807) is 0 Å². The van der Waals surface area contributed by atoms with Crippen molar-refractivity contribution in [3.8, 4) is 0 Å². The average Bonchev–Trinajstić information content (AvgIpc) is 3.16. The first-order valence-electron chi connectivity index (χ1n) is 9.04. The Kier molecular flexibility index (Phi) is 6.61. The van der Waals surface area contributed by atoms with Gasteiger partial charge in [0.1, 0.15) is 24.6 Å². The molecule has 3 heterocycles. The van der Waals surface area contributed by atoms with Gasteiger partial charge in [0, 0.05) is 6.54 Å². The molecule has 32 heavy (non-hydrogen) atoms. The topological polar surface area (TPSA) is 243 Å². The lowest BCUT2D eigenvalue weighted by Gasteiger charge is -2.25. The number of aliphatic hydroxyl groups is 3. The number of nitrogens with one attached hydrogen (secondary N) is 1. The highest BCUT2D eigenvalue weighted by molar-refractivity contribution is 9.10. The molecule has 174 valence electrons. The van der Waals surface area contributed by atoms with Crippen molar-refractivity contribution in [2.24, 2.45) is 0 Å². The third kappa shape index (κ3) is 4.49. The molecule has 8 N–H and O–H groups in total. The summed E-state index contributed by atoms with van der Waals surface area (Å²) in [5.41, 5.74) is 3.45.